The minimum absolute atomic E-state index is 0.0511. The molecular weight excluding hydrogens is 716 g/mol. The summed E-state index contributed by atoms with van der Waals surface area (Å²) in [6.45, 7) is 19.3. The summed E-state index contributed by atoms with van der Waals surface area (Å²) in [6.07, 6.45) is 12.1. The number of allylic oxidation sites excluding steroid dienone is 5. The SMILES string of the molecule is CC[C@H]1/C=C/C=C/C[C@@H](C)[C@H](O)[C@@](C)(O)C(=O)[C@@H](C)[C@H](O)[C@@H](C)C(=O)[C@@H](C)[C@H](O)[C@@H](C)/C=C/C(=O)O[C@@H]2[C@H](C)[C@H](/C=C/1)[O+]1C3C[C@H](C)[C@H](C[C@@H](C)O)O[C@]31[C@H]2C. The summed E-state index contributed by atoms with van der Waals surface area (Å²) in [5, 5.41) is 55.1. The van der Waals surface area contributed by atoms with Gasteiger partial charge in [-0.15, -0.1) is 0 Å². The normalized spacial score (nSPS) is 49.1. The summed E-state index contributed by atoms with van der Waals surface area (Å²) < 4.78 is 16.7. The summed E-state index contributed by atoms with van der Waals surface area (Å²) in [5.74, 6) is -6.95. The number of carbonyl (C=O) groups is 3. The van der Waals surface area contributed by atoms with Gasteiger partial charge in [0.05, 0.1) is 36.4 Å². The van der Waals surface area contributed by atoms with Crippen LogP contribution in [0.1, 0.15) is 102 Å². The third kappa shape index (κ3) is 9.35. The van der Waals surface area contributed by atoms with Crippen molar-refractivity contribution >= 4 is 17.5 Å². The topological polar surface area (TPSA) is 174 Å². The Morgan fingerprint density at radius 1 is 0.875 bits per heavy atom. The molecule has 0 amide bonds. The molecule has 0 aromatic heterocycles. The Kier molecular flexibility index (Phi) is 15.3. The predicted molar refractivity (Wildman–Crippen MR) is 214 cm³/mol. The first-order chi connectivity index (χ1) is 26.1. The summed E-state index contributed by atoms with van der Waals surface area (Å²) in [5.41, 5.74) is -2.19. The number of hydrogen-bond acceptors (Lipinski definition) is 10. The molecular formula is C45H71O11+. The number of esters is 1. The third-order valence-electron chi connectivity index (χ3n) is 13.6. The molecule has 0 saturated carbocycles. The number of ether oxygens (including phenoxy) is 2. The molecule has 5 N–H and O–H groups in total. The zero-order valence-corrected chi connectivity index (χ0v) is 35.4. The lowest BCUT2D eigenvalue weighted by Gasteiger charge is -2.40. The summed E-state index contributed by atoms with van der Waals surface area (Å²) >= 11 is 0. The molecule has 4 heterocycles. The monoisotopic (exact) mass is 787 g/mol. The van der Waals surface area contributed by atoms with Crippen LogP contribution in [-0.2, 0) is 28.2 Å². The number of carbonyl (C=O) groups excluding carboxylic acids is 3. The highest BCUT2D eigenvalue weighted by Gasteiger charge is 2.86. The second kappa shape index (κ2) is 18.6. The fraction of sp³-hybridized carbons (Fsp3) is 0.756. The van der Waals surface area contributed by atoms with E-state index in [1.165, 1.54) is 39.8 Å². The van der Waals surface area contributed by atoms with Crippen molar-refractivity contribution in [1.29, 1.82) is 0 Å². The van der Waals surface area contributed by atoms with Gasteiger partial charge in [-0.2, -0.15) is 0 Å². The number of ketones is 2. The van der Waals surface area contributed by atoms with Gasteiger partial charge in [0, 0.05) is 36.2 Å². The molecule has 2 bridgehead atoms. The molecule has 1 spiro atoms. The van der Waals surface area contributed by atoms with Crippen LogP contribution in [0.3, 0.4) is 0 Å². The number of epoxide rings is 1. The number of hydrogen-bond donors (Lipinski definition) is 5. The van der Waals surface area contributed by atoms with E-state index in [1.54, 1.807) is 20.8 Å². The van der Waals surface area contributed by atoms with Crippen LogP contribution < -0.4 is 0 Å². The molecule has 11 heteroatoms. The highest BCUT2D eigenvalue weighted by molar-refractivity contribution is 5.91. The summed E-state index contributed by atoms with van der Waals surface area (Å²) in [6, 6.07) is 0. The van der Waals surface area contributed by atoms with Gasteiger partial charge in [0.2, 0.25) is 0 Å². The van der Waals surface area contributed by atoms with Crippen LogP contribution in [0.25, 0.3) is 0 Å². The van der Waals surface area contributed by atoms with Gasteiger partial charge in [0.15, 0.2) is 11.9 Å². The van der Waals surface area contributed by atoms with Crippen molar-refractivity contribution in [3.63, 3.8) is 0 Å². The van der Waals surface area contributed by atoms with Crippen LogP contribution in [0.15, 0.2) is 48.6 Å². The molecule has 0 aromatic rings. The van der Waals surface area contributed by atoms with Gasteiger partial charge in [0.25, 0.3) is 6.10 Å². The van der Waals surface area contributed by atoms with Crippen LogP contribution in [0.5, 0.6) is 0 Å². The summed E-state index contributed by atoms with van der Waals surface area (Å²) in [7, 11) is 0. The number of aliphatic hydroxyl groups is 5. The van der Waals surface area contributed by atoms with Crippen molar-refractivity contribution in [2.75, 3.05) is 0 Å². The molecule has 316 valence electrons. The Hall–Kier alpha value is -2.51. The van der Waals surface area contributed by atoms with Crippen molar-refractivity contribution in [3.8, 4) is 0 Å². The van der Waals surface area contributed by atoms with Gasteiger partial charge in [-0.25, -0.2) is 4.79 Å². The van der Waals surface area contributed by atoms with Gasteiger partial charge in [-0.1, -0.05) is 91.8 Å². The Morgan fingerprint density at radius 3 is 2.14 bits per heavy atom. The van der Waals surface area contributed by atoms with E-state index in [9.17, 15) is 39.9 Å². The van der Waals surface area contributed by atoms with Gasteiger partial charge in [-0.3, -0.25) is 14.3 Å². The molecule has 4 rings (SSSR count). The van der Waals surface area contributed by atoms with E-state index in [-0.39, 0.29) is 42.0 Å². The standard InChI is InChI=1S/C45H71O11/c1-12-33-17-15-13-14-16-25(3)42(51)44(11,53)43(52)31(9)40(50)30(8)39(49)29(7)38(48)24(2)18-21-37(47)54-41-28(6)35(20-19-33)56-36-22-26(4)34(23-27(5)46)55-45(36,56)32(41)10/h13-15,17-21,24-36,38,40-42,46,48,50-51,53H,12,16,22-23H2,1-11H3/q+1/b14-13+,17-15+,20-19+,21-18+/t24-,25+,26-,27+,28+,29-,30-,31-,32-,33-,34-,35-,36?,38+,40+,41+,42-,44+,45-/m0/s1. The lowest BCUT2D eigenvalue weighted by atomic mass is 9.75. The first-order valence-corrected chi connectivity index (χ1v) is 21.0. The van der Waals surface area contributed by atoms with Gasteiger partial charge >= 0.3 is 11.8 Å². The Balaban J connectivity index is 1.69. The fourth-order valence-corrected chi connectivity index (χ4v) is 9.55. The van der Waals surface area contributed by atoms with Crippen LogP contribution in [-0.4, -0.2) is 103 Å². The number of Topliss-reactive ketones (excluding diaryl/α,β-unsaturated/α-hetero) is 2. The Morgan fingerprint density at radius 2 is 1.52 bits per heavy atom. The zero-order chi connectivity index (χ0) is 42.0. The molecule has 3 fully saturated rings. The molecule has 4 aliphatic rings. The quantitative estimate of drug-likeness (QED) is 0.111. The van der Waals surface area contributed by atoms with Crippen LogP contribution in [0.4, 0.5) is 0 Å². The van der Waals surface area contributed by atoms with E-state index in [4.69, 9.17) is 9.47 Å². The molecule has 0 radical (unpaired) electrons. The predicted octanol–water partition coefficient (Wildman–Crippen LogP) is 5.19. The lowest BCUT2D eigenvalue weighted by molar-refractivity contribution is -0.276. The molecule has 19 atom stereocenters. The minimum Gasteiger partial charge on any atom is -0.458 e. The van der Waals surface area contributed by atoms with Gasteiger partial charge in [0.1, 0.15) is 23.4 Å². The van der Waals surface area contributed by atoms with Crippen LogP contribution in [0, 0.1) is 53.3 Å². The van der Waals surface area contributed by atoms with Gasteiger partial charge < -0.3 is 34.6 Å². The van der Waals surface area contributed by atoms with E-state index in [1.807, 2.05) is 18.2 Å². The van der Waals surface area contributed by atoms with Gasteiger partial charge in [-0.05, 0) is 63.9 Å². The zero-order valence-electron chi connectivity index (χ0n) is 35.4. The highest BCUT2D eigenvalue weighted by Crippen LogP contribution is 2.66. The van der Waals surface area contributed by atoms with E-state index in [0.717, 1.165) is 12.8 Å². The second-order valence-corrected chi connectivity index (χ2v) is 18.0. The average Bonchev–Trinajstić information content (AvgIpc) is 3.81. The molecule has 4 aliphatic heterocycles. The summed E-state index contributed by atoms with van der Waals surface area (Å²) in [4.78, 5) is 40.6. The number of fused-ring (bicyclic) bond motifs is 4. The van der Waals surface area contributed by atoms with Crippen molar-refractivity contribution in [1.82, 2.24) is 0 Å². The van der Waals surface area contributed by atoms with Crippen molar-refractivity contribution < 1.29 is 53.8 Å². The number of rotatable bonds is 3. The van der Waals surface area contributed by atoms with Crippen molar-refractivity contribution in [2.24, 2.45) is 53.3 Å². The number of aliphatic hydroxyl groups excluding tert-OH is 4. The van der Waals surface area contributed by atoms with Crippen LogP contribution in [0.2, 0.25) is 0 Å². The average molecular weight is 788 g/mol. The molecule has 3 saturated heterocycles. The molecule has 1 unspecified atom stereocenters. The maximum Gasteiger partial charge on any atom is 0.356 e. The molecule has 56 heavy (non-hydrogen) atoms. The Bertz CT molecular complexity index is 1500. The molecule has 0 aliphatic carbocycles. The Labute approximate surface area is 334 Å². The fourth-order valence-electron chi connectivity index (χ4n) is 9.55. The minimum atomic E-state index is -2.19. The largest absolute Gasteiger partial charge is 0.458 e. The van der Waals surface area contributed by atoms with E-state index < -0.39 is 89.0 Å². The lowest BCUT2D eigenvalue weighted by Crippen LogP contribution is -2.54. The van der Waals surface area contributed by atoms with Crippen molar-refractivity contribution in [3.05, 3.63) is 48.6 Å². The van der Waals surface area contributed by atoms with E-state index in [0.29, 0.717) is 12.8 Å². The first-order valence-electron chi connectivity index (χ1n) is 21.0. The first kappa shape index (κ1) is 46.2. The smallest absolute Gasteiger partial charge is 0.356 e. The van der Waals surface area contributed by atoms with E-state index >= 15 is 0 Å². The van der Waals surface area contributed by atoms with E-state index in [2.05, 4.69) is 50.3 Å². The maximum atomic E-state index is 13.5. The maximum absolute atomic E-state index is 13.5. The molecule has 0 aromatic carbocycles. The second-order valence-electron chi connectivity index (χ2n) is 18.0. The molecule has 11 nitrogen and oxygen atoms in total. The highest BCUT2D eigenvalue weighted by atomic mass is 16.9. The van der Waals surface area contributed by atoms with Crippen LogP contribution >= 0.6 is 0 Å². The third-order valence-corrected chi connectivity index (χ3v) is 13.6. The van der Waals surface area contributed by atoms with Crippen molar-refractivity contribution in [2.45, 2.75) is 162 Å².